The Bertz CT molecular complexity index is 319. The summed E-state index contributed by atoms with van der Waals surface area (Å²) < 4.78 is 5.11. The quantitative estimate of drug-likeness (QED) is 0.764. The highest BCUT2D eigenvalue weighted by Crippen LogP contribution is 2.18. The third kappa shape index (κ3) is 5.20. The Balaban J connectivity index is 2.35. The van der Waals surface area contributed by atoms with Gasteiger partial charge in [-0.3, -0.25) is 0 Å². The molecule has 0 bridgehead atoms. The highest BCUT2D eigenvalue weighted by Gasteiger charge is 2.15. The third-order valence-electron chi connectivity index (χ3n) is 2.88. The van der Waals surface area contributed by atoms with E-state index in [1.54, 1.807) is 7.11 Å². The van der Waals surface area contributed by atoms with Gasteiger partial charge in [-0.25, -0.2) is 0 Å². The van der Waals surface area contributed by atoms with Crippen LogP contribution in [0.1, 0.15) is 25.8 Å². The summed E-state index contributed by atoms with van der Waals surface area (Å²) in [4.78, 5) is 0. The summed E-state index contributed by atoms with van der Waals surface area (Å²) in [5, 5.41) is 12.3. The number of methoxy groups -OCH3 is 1. The van der Waals surface area contributed by atoms with Gasteiger partial charge in [-0.05, 0) is 29.5 Å². The summed E-state index contributed by atoms with van der Waals surface area (Å²) in [5.74, 6) is 0.884. The van der Waals surface area contributed by atoms with E-state index in [-0.39, 0.29) is 12.0 Å². The Morgan fingerprint density at radius 1 is 1.24 bits per heavy atom. The van der Waals surface area contributed by atoms with Crippen LogP contribution in [0.3, 0.4) is 0 Å². The predicted molar refractivity (Wildman–Crippen MR) is 70.2 cm³/mol. The molecule has 0 amide bonds. The van der Waals surface area contributed by atoms with E-state index in [1.165, 1.54) is 5.56 Å². The fourth-order valence-electron chi connectivity index (χ4n) is 1.68. The van der Waals surface area contributed by atoms with E-state index in [2.05, 4.69) is 31.3 Å². The van der Waals surface area contributed by atoms with Gasteiger partial charge in [-0.2, -0.15) is 0 Å². The molecule has 2 N–H and O–H groups in total. The van der Waals surface area contributed by atoms with Gasteiger partial charge in [-0.15, -0.1) is 0 Å². The predicted octanol–water partition coefficient (Wildman–Crippen LogP) is 2.19. The summed E-state index contributed by atoms with van der Waals surface area (Å²) >= 11 is 0. The Hall–Kier alpha value is -1.06. The third-order valence-corrected chi connectivity index (χ3v) is 2.88. The van der Waals surface area contributed by atoms with Crippen molar-refractivity contribution in [3.05, 3.63) is 29.8 Å². The average Bonchev–Trinajstić information content (AvgIpc) is 2.29. The molecule has 0 aliphatic carbocycles. The first-order valence-electron chi connectivity index (χ1n) is 6.02. The van der Waals surface area contributed by atoms with E-state index in [4.69, 9.17) is 9.84 Å². The molecule has 1 rings (SSSR count). The van der Waals surface area contributed by atoms with Gasteiger partial charge < -0.3 is 15.2 Å². The maximum absolute atomic E-state index is 8.93. The Morgan fingerprint density at radius 3 is 2.41 bits per heavy atom. The molecular formula is C14H23NO2. The van der Waals surface area contributed by atoms with Crippen LogP contribution in [0.15, 0.2) is 24.3 Å². The lowest BCUT2D eigenvalue weighted by Crippen LogP contribution is -2.29. The number of aliphatic hydroxyl groups excluding tert-OH is 1. The molecule has 3 nitrogen and oxygen atoms in total. The van der Waals surface area contributed by atoms with Crippen molar-refractivity contribution >= 4 is 0 Å². The summed E-state index contributed by atoms with van der Waals surface area (Å²) in [6.45, 7) is 6.31. The maximum Gasteiger partial charge on any atom is 0.118 e. The zero-order chi connectivity index (χ0) is 12.7. The average molecular weight is 237 g/mol. The molecule has 0 saturated carbocycles. The second kappa shape index (κ2) is 6.62. The zero-order valence-corrected chi connectivity index (χ0v) is 11.0. The van der Waals surface area contributed by atoms with E-state index < -0.39 is 0 Å². The molecule has 0 fully saturated rings. The Morgan fingerprint density at radius 2 is 1.88 bits per heavy atom. The van der Waals surface area contributed by atoms with Crippen molar-refractivity contribution in [3.63, 3.8) is 0 Å². The zero-order valence-electron chi connectivity index (χ0n) is 11.0. The Labute approximate surface area is 104 Å². The molecule has 1 aromatic carbocycles. The molecule has 0 saturated heterocycles. The first-order chi connectivity index (χ1) is 8.07. The fraction of sp³-hybridized carbons (Fsp3) is 0.571. The van der Waals surface area contributed by atoms with E-state index in [0.717, 1.165) is 25.3 Å². The molecule has 96 valence electrons. The van der Waals surface area contributed by atoms with Crippen molar-refractivity contribution in [1.29, 1.82) is 0 Å². The van der Waals surface area contributed by atoms with Crippen molar-refractivity contribution in [2.45, 2.75) is 26.8 Å². The number of hydrogen-bond acceptors (Lipinski definition) is 3. The van der Waals surface area contributed by atoms with Gasteiger partial charge in [0.15, 0.2) is 0 Å². The van der Waals surface area contributed by atoms with Gasteiger partial charge in [0.2, 0.25) is 0 Å². The van der Waals surface area contributed by atoms with E-state index >= 15 is 0 Å². The smallest absolute Gasteiger partial charge is 0.118 e. The van der Waals surface area contributed by atoms with Crippen LogP contribution in [-0.2, 0) is 6.54 Å². The summed E-state index contributed by atoms with van der Waals surface area (Å²) in [6.07, 6.45) is 0.822. The van der Waals surface area contributed by atoms with Gasteiger partial charge in [0.25, 0.3) is 0 Å². The van der Waals surface area contributed by atoms with E-state index in [1.807, 2.05) is 12.1 Å². The van der Waals surface area contributed by atoms with Crippen molar-refractivity contribution in [2.75, 3.05) is 20.3 Å². The summed E-state index contributed by atoms with van der Waals surface area (Å²) in [5.41, 5.74) is 1.38. The van der Waals surface area contributed by atoms with E-state index in [0.29, 0.717) is 0 Å². The van der Waals surface area contributed by atoms with Crippen LogP contribution in [0.5, 0.6) is 5.75 Å². The molecule has 0 aliphatic rings. The van der Waals surface area contributed by atoms with Crippen LogP contribution >= 0.6 is 0 Å². The van der Waals surface area contributed by atoms with Gasteiger partial charge in [0.1, 0.15) is 5.75 Å². The molecule has 0 radical (unpaired) electrons. The number of ether oxygens (including phenoxy) is 1. The highest BCUT2D eigenvalue weighted by molar-refractivity contribution is 5.26. The fourth-order valence-corrected chi connectivity index (χ4v) is 1.68. The van der Waals surface area contributed by atoms with Gasteiger partial charge in [0.05, 0.1) is 7.11 Å². The normalized spacial score (nSPS) is 11.5. The lowest BCUT2D eigenvalue weighted by Gasteiger charge is -2.24. The standard InChI is InChI=1S/C14H23NO2/c1-14(2,8-9-16)11-15-10-12-4-6-13(17-3)7-5-12/h4-7,15-16H,8-11H2,1-3H3. The Kier molecular flexibility index (Phi) is 5.45. The maximum atomic E-state index is 8.93. The van der Waals surface area contributed by atoms with Crippen molar-refractivity contribution < 1.29 is 9.84 Å². The molecule has 17 heavy (non-hydrogen) atoms. The van der Waals surface area contributed by atoms with E-state index in [9.17, 15) is 0 Å². The lowest BCUT2D eigenvalue weighted by molar-refractivity contribution is 0.207. The largest absolute Gasteiger partial charge is 0.497 e. The monoisotopic (exact) mass is 237 g/mol. The molecule has 0 atom stereocenters. The molecule has 3 heteroatoms. The number of aliphatic hydroxyl groups is 1. The van der Waals surface area contributed by atoms with Gasteiger partial charge in [-0.1, -0.05) is 26.0 Å². The molecule has 0 aliphatic heterocycles. The molecule has 1 aromatic rings. The number of benzene rings is 1. The van der Waals surface area contributed by atoms with Crippen molar-refractivity contribution in [2.24, 2.45) is 5.41 Å². The minimum absolute atomic E-state index is 0.140. The minimum Gasteiger partial charge on any atom is -0.497 e. The summed E-state index contributed by atoms with van der Waals surface area (Å²) in [6, 6.07) is 8.06. The molecule has 0 spiro atoms. The van der Waals surface area contributed by atoms with Crippen molar-refractivity contribution in [3.8, 4) is 5.75 Å². The SMILES string of the molecule is COc1ccc(CNCC(C)(C)CCO)cc1. The first kappa shape index (κ1) is 14.0. The number of nitrogens with one attached hydrogen (secondary N) is 1. The van der Waals surface area contributed by atoms with Crippen LogP contribution in [0.25, 0.3) is 0 Å². The van der Waals surface area contributed by atoms with Crippen LogP contribution < -0.4 is 10.1 Å². The van der Waals surface area contributed by atoms with Crippen LogP contribution in [0, 0.1) is 5.41 Å². The van der Waals surface area contributed by atoms with Gasteiger partial charge in [0, 0.05) is 19.7 Å². The first-order valence-corrected chi connectivity index (χ1v) is 6.02. The number of hydrogen-bond donors (Lipinski definition) is 2. The minimum atomic E-state index is 0.140. The topological polar surface area (TPSA) is 41.5 Å². The summed E-state index contributed by atoms with van der Waals surface area (Å²) in [7, 11) is 1.67. The molecule has 0 heterocycles. The molecule has 0 aromatic heterocycles. The second-order valence-electron chi connectivity index (χ2n) is 5.09. The molecule has 0 unspecified atom stereocenters. The van der Waals surface area contributed by atoms with Crippen LogP contribution in [0.2, 0.25) is 0 Å². The van der Waals surface area contributed by atoms with Crippen molar-refractivity contribution in [1.82, 2.24) is 5.32 Å². The molecular weight excluding hydrogens is 214 g/mol. The lowest BCUT2D eigenvalue weighted by atomic mass is 9.90. The highest BCUT2D eigenvalue weighted by atomic mass is 16.5. The van der Waals surface area contributed by atoms with Crippen LogP contribution in [-0.4, -0.2) is 25.4 Å². The van der Waals surface area contributed by atoms with Crippen LogP contribution in [0.4, 0.5) is 0 Å². The van der Waals surface area contributed by atoms with Gasteiger partial charge >= 0.3 is 0 Å². The second-order valence-corrected chi connectivity index (χ2v) is 5.09. The number of rotatable bonds is 7.